The van der Waals surface area contributed by atoms with Gasteiger partial charge in [-0.05, 0) is 56.0 Å². The summed E-state index contributed by atoms with van der Waals surface area (Å²) in [5.41, 5.74) is 0. The van der Waals surface area contributed by atoms with Gasteiger partial charge in [-0.25, -0.2) is 18.1 Å². The number of sulfonamides is 1. The van der Waals surface area contributed by atoms with E-state index in [0.29, 0.717) is 10.3 Å². The first-order chi connectivity index (χ1) is 9.26. The molecule has 0 spiro atoms. The minimum absolute atomic E-state index is 0.145. The number of aromatic nitrogens is 1. The van der Waals surface area contributed by atoms with Gasteiger partial charge in [0.15, 0.2) is 0 Å². The molecule has 1 heterocycles. The fraction of sp³-hybridized carbons (Fsp3) is 0.583. The van der Waals surface area contributed by atoms with Gasteiger partial charge < -0.3 is 10.2 Å². The van der Waals surface area contributed by atoms with Gasteiger partial charge in [0.05, 0.1) is 0 Å². The van der Waals surface area contributed by atoms with Crippen LogP contribution in [0.4, 0.5) is 5.82 Å². The zero-order valence-corrected chi connectivity index (χ0v) is 14.5. The highest BCUT2D eigenvalue weighted by molar-refractivity contribution is 9.10. The molecule has 0 fully saturated rings. The summed E-state index contributed by atoms with van der Waals surface area (Å²) in [5, 5.41) is 2.79. The summed E-state index contributed by atoms with van der Waals surface area (Å²) in [6.45, 7) is 2.67. The summed E-state index contributed by atoms with van der Waals surface area (Å²) in [4.78, 5) is 6.22. The second kappa shape index (κ2) is 7.35. The lowest BCUT2D eigenvalue weighted by Crippen LogP contribution is -2.35. The van der Waals surface area contributed by atoms with Crippen LogP contribution in [0.1, 0.15) is 13.3 Å². The molecule has 2 N–H and O–H groups in total. The molecular formula is C12H21BrN4O2S. The molecule has 8 heteroatoms. The second-order valence-corrected chi connectivity index (χ2v) is 7.46. The van der Waals surface area contributed by atoms with Crippen LogP contribution in [-0.4, -0.2) is 52.0 Å². The molecule has 1 unspecified atom stereocenters. The third-order valence-corrected chi connectivity index (χ3v) is 4.75. The highest BCUT2D eigenvalue weighted by Crippen LogP contribution is 2.22. The molecule has 1 aromatic rings. The summed E-state index contributed by atoms with van der Waals surface area (Å²) >= 11 is 3.24. The maximum absolute atomic E-state index is 12.4. The van der Waals surface area contributed by atoms with Gasteiger partial charge in [-0.2, -0.15) is 0 Å². The first kappa shape index (κ1) is 17.4. The van der Waals surface area contributed by atoms with Crippen molar-refractivity contribution in [2.24, 2.45) is 0 Å². The first-order valence-corrected chi connectivity index (χ1v) is 8.54. The Morgan fingerprint density at radius 1 is 1.45 bits per heavy atom. The van der Waals surface area contributed by atoms with Crippen LogP contribution < -0.4 is 10.0 Å². The Balaban J connectivity index is 2.91. The standard InChI is InChI=1S/C12H21BrN4O2S/c1-9(5-6-17(3)4)16-20(18,19)11-7-10(13)8-15-12(11)14-2/h7-9,16H,5-6H2,1-4H3,(H,14,15). The number of halogens is 1. The van der Waals surface area contributed by atoms with Crippen molar-refractivity contribution in [2.45, 2.75) is 24.3 Å². The van der Waals surface area contributed by atoms with Gasteiger partial charge in [-0.15, -0.1) is 0 Å². The Bertz CT molecular complexity index is 548. The van der Waals surface area contributed by atoms with Crippen molar-refractivity contribution in [2.75, 3.05) is 33.0 Å². The maximum Gasteiger partial charge on any atom is 0.244 e. The average molecular weight is 365 g/mol. The molecule has 0 aliphatic heterocycles. The molecule has 0 aliphatic carbocycles. The first-order valence-electron chi connectivity index (χ1n) is 6.26. The number of pyridine rings is 1. The number of anilines is 1. The van der Waals surface area contributed by atoms with Gasteiger partial charge in [-0.3, -0.25) is 0 Å². The molecule has 0 saturated carbocycles. The molecule has 0 aliphatic rings. The monoisotopic (exact) mass is 364 g/mol. The van der Waals surface area contributed by atoms with E-state index in [9.17, 15) is 8.42 Å². The number of rotatable bonds is 7. The predicted octanol–water partition coefficient (Wildman–Crippen LogP) is 1.50. The topological polar surface area (TPSA) is 74.3 Å². The van der Waals surface area contributed by atoms with Crippen LogP contribution in [0.3, 0.4) is 0 Å². The summed E-state index contributed by atoms with van der Waals surface area (Å²) in [6, 6.07) is 1.39. The lowest BCUT2D eigenvalue weighted by Gasteiger charge is -2.18. The van der Waals surface area contributed by atoms with Crippen LogP contribution in [0.15, 0.2) is 21.6 Å². The van der Waals surface area contributed by atoms with Crippen molar-refractivity contribution in [3.8, 4) is 0 Å². The third-order valence-electron chi connectivity index (χ3n) is 2.71. The van der Waals surface area contributed by atoms with Crippen LogP contribution in [0, 0.1) is 0 Å². The molecule has 0 saturated heterocycles. The maximum atomic E-state index is 12.4. The number of hydrogen-bond donors (Lipinski definition) is 2. The van der Waals surface area contributed by atoms with E-state index >= 15 is 0 Å². The quantitative estimate of drug-likeness (QED) is 0.766. The molecule has 0 radical (unpaired) electrons. The van der Waals surface area contributed by atoms with Crippen molar-refractivity contribution in [3.05, 3.63) is 16.7 Å². The molecule has 1 aromatic heterocycles. The molecule has 1 atom stereocenters. The largest absolute Gasteiger partial charge is 0.372 e. The van der Waals surface area contributed by atoms with Gasteiger partial charge in [-0.1, -0.05) is 0 Å². The van der Waals surface area contributed by atoms with E-state index in [1.54, 1.807) is 19.3 Å². The van der Waals surface area contributed by atoms with Crippen LogP contribution in [0.5, 0.6) is 0 Å². The van der Waals surface area contributed by atoms with E-state index in [4.69, 9.17) is 0 Å². The van der Waals surface area contributed by atoms with Gasteiger partial charge in [0, 0.05) is 23.8 Å². The summed E-state index contributed by atoms with van der Waals surface area (Å²) in [6.07, 6.45) is 2.29. The van der Waals surface area contributed by atoms with E-state index in [0.717, 1.165) is 13.0 Å². The minimum Gasteiger partial charge on any atom is -0.372 e. The van der Waals surface area contributed by atoms with Crippen LogP contribution >= 0.6 is 15.9 Å². The molecule has 0 bridgehead atoms. The smallest absolute Gasteiger partial charge is 0.244 e. The van der Waals surface area contributed by atoms with E-state index in [-0.39, 0.29) is 10.9 Å². The van der Waals surface area contributed by atoms with Gasteiger partial charge >= 0.3 is 0 Å². The van der Waals surface area contributed by atoms with Crippen molar-refractivity contribution in [3.63, 3.8) is 0 Å². The fourth-order valence-electron chi connectivity index (χ4n) is 1.65. The Morgan fingerprint density at radius 3 is 2.65 bits per heavy atom. The van der Waals surface area contributed by atoms with E-state index in [1.165, 1.54) is 0 Å². The Hall–Kier alpha value is -0.700. The zero-order valence-electron chi connectivity index (χ0n) is 12.1. The van der Waals surface area contributed by atoms with Gasteiger partial charge in [0.25, 0.3) is 0 Å². The predicted molar refractivity (Wildman–Crippen MR) is 84.4 cm³/mol. The summed E-state index contributed by atoms with van der Waals surface area (Å²) < 4.78 is 28.1. The number of nitrogens with one attached hydrogen (secondary N) is 2. The third kappa shape index (κ3) is 5.01. The SMILES string of the molecule is CNc1ncc(Br)cc1S(=O)(=O)NC(C)CCN(C)C. The average Bonchev–Trinajstić information content (AvgIpc) is 2.36. The highest BCUT2D eigenvalue weighted by Gasteiger charge is 2.22. The van der Waals surface area contributed by atoms with E-state index in [2.05, 4.69) is 31.0 Å². The number of nitrogens with zero attached hydrogens (tertiary/aromatic N) is 2. The molecule has 1 rings (SSSR count). The highest BCUT2D eigenvalue weighted by atomic mass is 79.9. The zero-order chi connectivity index (χ0) is 15.3. The van der Waals surface area contributed by atoms with Crippen molar-refractivity contribution < 1.29 is 8.42 Å². The molecule has 0 amide bonds. The molecular weight excluding hydrogens is 344 g/mol. The van der Waals surface area contributed by atoms with Crippen LogP contribution in [0.2, 0.25) is 0 Å². The molecule has 0 aromatic carbocycles. The Labute approximate surface area is 129 Å². The lowest BCUT2D eigenvalue weighted by atomic mass is 10.2. The number of hydrogen-bond acceptors (Lipinski definition) is 5. The van der Waals surface area contributed by atoms with Crippen LogP contribution in [0.25, 0.3) is 0 Å². The second-order valence-electron chi connectivity index (χ2n) is 4.86. The van der Waals surface area contributed by atoms with E-state index < -0.39 is 10.0 Å². The Morgan fingerprint density at radius 2 is 2.10 bits per heavy atom. The summed E-state index contributed by atoms with van der Waals surface area (Å²) in [5.74, 6) is 0.334. The molecule has 6 nitrogen and oxygen atoms in total. The minimum atomic E-state index is -3.60. The van der Waals surface area contributed by atoms with Crippen molar-refractivity contribution in [1.29, 1.82) is 0 Å². The molecule has 114 valence electrons. The normalized spacial score (nSPS) is 13.5. The van der Waals surface area contributed by atoms with Crippen molar-refractivity contribution >= 4 is 31.8 Å². The van der Waals surface area contributed by atoms with Gasteiger partial charge in [0.2, 0.25) is 10.0 Å². The summed E-state index contributed by atoms with van der Waals surface area (Å²) in [7, 11) is 1.96. The molecule has 20 heavy (non-hydrogen) atoms. The fourth-order valence-corrected chi connectivity index (χ4v) is 3.60. The van der Waals surface area contributed by atoms with Crippen molar-refractivity contribution in [1.82, 2.24) is 14.6 Å². The van der Waals surface area contributed by atoms with Gasteiger partial charge in [0.1, 0.15) is 10.7 Å². The van der Waals surface area contributed by atoms with E-state index in [1.807, 2.05) is 25.9 Å². The Kier molecular flexibility index (Phi) is 6.38. The lowest BCUT2D eigenvalue weighted by molar-refractivity contribution is 0.379. The van der Waals surface area contributed by atoms with Crippen LogP contribution in [-0.2, 0) is 10.0 Å².